The molecule has 0 saturated heterocycles. The summed E-state index contributed by atoms with van der Waals surface area (Å²) in [7, 11) is 4.01. The predicted molar refractivity (Wildman–Crippen MR) is 94.7 cm³/mol. The largest absolute Gasteiger partial charge is 0.397 e. The van der Waals surface area contributed by atoms with Crippen LogP contribution in [-0.2, 0) is 6.42 Å². The van der Waals surface area contributed by atoms with E-state index in [-0.39, 0.29) is 0 Å². The number of rotatable bonds is 3. The van der Waals surface area contributed by atoms with Crippen molar-refractivity contribution >= 4 is 44.8 Å². The fourth-order valence-corrected chi connectivity index (χ4v) is 3.56. The normalized spacial score (nSPS) is 22.3. The van der Waals surface area contributed by atoms with Crippen LogP contribution < -0.4 is 16.4 Å². The molecule has 1 aromatic rings. The van der Waals surface area contributed by atoms with E-state index in [0.29, 0.717) is 28.6 Å². The van der Waals surface area contributed by atoms with Gasteiger partial charge in [0.2, 0.25) is 0 Å². The van der Waals surface area contributed by atoms with Crippen LogP contribution in [0.5, 0.6) is 0 Å². The summed E-state index contributed by atoms with van der Waals surface area (Å²) in [6, 6.07) is 6.19. The van der Waals surface area contributed by atoms with Gasteiger partial charge in [-0.15, -0.1) is 0 Å². The lowest BCUT2D eigenvalue weighted by molar-refractivity contribution is 0.518. The first-order chi connectivity index (χ1) is 9.72. The summed E-state index contributed by atoms with van der Waals surface area (Å²) < 4.78 is 1.02. The Labute approximate surface area is 143 Å². The molecule has 4 N–H and O–H groups in total. The average molecular weight is 391 g/mol. The van der Waals surface area contributed by atoms with Gasteiger partial charge in [-0.1, -0.05) is 45.2 Å². The minimum atomic E-state index is -0.626. The summed E-state index contributed by atoms with van der Waals surface area (Å²) in [5.41, 5.74) is 14.2. The highest BCUT2D eigenvalue weighted by atomic mass is 79.9. The van der Waals surface area contributed by atoms with Crippen LogP contribution in [0.4, 0.5) is 5.69 Å². The van der Waals surface area contributed by atoms with E-state index in [4.69, 9.17) is 34.7 Å². The molecule has 0 aromatic heterocycles. The highest BCUT2D eigenvalue weighted by molar-refractivity contribution is 9.10. The van der Waals surface area contributed by atoms with Crippen LogP contribution in [0.25, 0.3) is 0 Å². The van der Waals surface area contributed by atoms with E-state index in [2.05, 4.69) is 34.1 Å². The minimum absolute atomic E-state index is 0.418. The Balaban J connectivity index is 2.27. The molecule has 0 bridgehead atoms. The first kappa shape index (κ1) is 16.7. The van der Waals surface area contributed by atoms with Gasteiger partial charge in [0.05, 0.1) is 10.7 Å². The highest BCUT2D eigenvalue weighted by Crippen LogP contribution is 2.35. The number of nitrogens with two attached hydrogens (primary N) is 2. The molecule has 0 radical (unpaired) electrons. The van der Waals surface area contributed by atoms with Gasteiger partial charge in [0.25, 0.3) is 0 Å². The van der Waals surface area contributed by atoms with Crippen LogP contribution in [0, 0.1) is 0 Å². The van der Waals surface area contributed by atoms with Crippen LogP contribution in [0.2, 0.25) is 0 Å². The molecule has 2 rings (SSSR count). The zero-order chi connectivity index (χ0) is 15.8. The smallest absolute Gasteiger partial charge is 0.0649 e. The Morgan fingerprint density at radius 1 is 1.33 bits per heavy atom. The lowest BCUT2D eigenvalue weighted by Gasteiger charge is -2.31. The molecule has 21 heavy (non-hydrogen) atoms. The lowest BCUT2D eigenvalue weighted by Crippen LogP contribution is -2.42. The quantitative estimate of drug-likeness (QED) is 0.827. The highest BCUT2D eigenvalue weighted by Gasteiger charge is 2.30. The van der Waals surface area contributed by atoms with Gasteiger partial charge < -0.3 is 16.4 Å². The zero-order valence-corrected chi connectivity index (χ0v) is 15.1. The Kier molecular flexibility index (Phi) is 4.93. The first-order valence-corrected chi connectivity index (χ1v) is 8.04. The summed E-state index contributed by atoms with van der Waals surface area (Å²) in [5, 5.41) is 0.945. The Morgan fingerprint density at radius 2 is 2.00 bits per heavy atom. The second kappa shape index (κ2) is 6.21. The molecule has 0 saturated carbocycles. The van der Waals surface area contributed by atoms with Gasteiger partial charge in [0.1, 0.15) is 0 Å². The molecule has 6 heteroatoms. The van der Waals surface area contributed by atoms with E-state index in [1.807, 2.05) is 19.0 Å². The second-order valence-electron chi connectivity index (χ2n) is 5.57. The minimum Gasteiger partial charge on any atom is -0.397 e. The zero-order valence-electron chi connectivity index (χ0n) is 12.0. The third-order valence-corrected chi connectivity index (χ3v) is 4.91. The van der Waals surface area contributed by atoms with E-state index < -0.39 is 5.54 Å². The molecule has 3 nitrogen and oxygen atoms in total. The van der Waals surface area contributed by atoms with E-state index in [9.17, 15) is 0 Å². The number of nitrogens with zero attached hydrogens (tertiary/aromatic N) is 1. The number of benzene rings is 1. The van der Waals surface area contributed by atoms with Crippen molar-refractivity contribution in [3.63, 3.8) is 0 Å². The summed E-state index contributed by atoms with van der Waals surface area (Å²) in [4.78, 5) is 2.05. The average Bonchev–Trinajstić information content (AvgIpc) is 2.38. The maximum Gasteiger partial charge on any atom is 0.0649 e. The van der Waals surface area contributed by atoms with E-state index >= 15 is 0 Å². The molecule has 0 fully saturated rings. The summed E-state index contributed by atoms with van der Waals surface area (Å²) >= 11 is 15.9. The Bertz CT molecular complexity index is 625. The number of allylic oxidation sites excluding steroid dienone is 1. The third kappa shape index (κ3) is 3.75. The topological polar surface area (TPSA) is 55.3 Å². The van der Waals surface area contributed by atoms with Crippen molar-refractivity contribution in [1.29, 1.82) is 0 Å². The van der Waals surface area contributed by atoms with Crippen molar-refractivity contribution in [2.45, 2.75) is 18.4 Å². The van der Waals surface area contributed by atoms with Gasteiger partial charge in [0.15, 0.2) is 0 Å². The molecule has 1 unspecified atom stereocenters. The summed E-state index contributed by atoms with van der Waals surface area (Å²) in [5.74, 6) is 0. The SMILES string of the molecule is CN(C)c1ccc(CC2(N)C=C(Cl)C(N)=C(Cl)C2)c(Br)c1. The Morgan fingerprint density at radius 3 is 2.52 bits per heavy atom. The Hall–Kier alpha value is -0.680. The first-order valence-electron chi connectivity index (χ1n) is 6.49. The van der Waals surface area contributed by atoms with Crippen LogP contribution in [0.3, 0.4) is 0 Å². The van der Waals surface area contributed by atoms with Crippen molar-refractivity contribution in [2.75, 3.05) is 19.0 Å². The molecular weight excluding hydrogens is 373 g/mol. The van der Waals surface area contributed by atoms with Gasteiger partial charge in [0, 0.05) is 41.2 Å². The van der Waals surface area contributed by atoms with Crippen LogP contribution in [0.1, 0.15) is 12.0 Å². The van der Waals surface area contributed by atoms with Crippen LogP contribution >= 0.6 is 39.1 Å². The van der Waals surface area contributed by atoms with Crippen LogP contribution in [-0.4, -0.2) is 19.6 Å². The van der Waals surface area contributed by atoms with E-state index in [1.165, 1.54) is 0 Å². The number of hydrogen-bond acceptors (Lipinski definition) is 3. The molecule has 0 aliphatic heterocycles. The van der Waals surface area contributed by atoms with Gasteiger partial charge in [-0.2, -0.15) is 0 Å². The molecule has 0 amide bonds. The predicted octanol–water partition coefficient (Wildman–Crippen LogP) is 3.69. The number of halogens is 3. The van der Waals surface area contributed by atoms with Crippen molar-refractivity contribution < 1.29 is 0 Å². The maximum absolute atomic E-state index is 6.43. The number of hydrogen-bond donors (Lipinski definition) is 2. The van der Waals surface area contributed by atoms with Gasteiger partial charge in [-0.25, -0.2) is 0 Å². The van der Waals surface area contributed by atoms with E-state index in [0.717, 1.165) is 15.7 Å². The van der Waals surface area contributed by atoms with Gasteiger partial charge in [-0.05, 0) is 30.2 Å². The second-order valence-corrected chi connectivity index (χ2v) is 7.29. The lowest BCUT2D eigenvalue weighted by atomic mass is 9.85. The molecule has 1 aliphatic rings. The van der Waals surface area contributed by atoms with Crippen molar-refractivity contribution in [3.8, 4) is 0 Å². The summed E-state index contributed by atoms with van der Waals surface area (Å²) in [6.07, 6.45) is 2.90. The molecular formula is C15H18BrCl2N3. The van der Waals surface area contributed by atoms with Crippen molar-refractivity contribution in [2.24, 2.45) is 11.5 Å². The molecule has 0 spiro atoms. The van der Waals surface area contributed by atoms with E-state index in [1.54, 1.807) is 6.08 Å². The molecule has 0 heterocycles. The monoisotopic (exact) mass is 389 g/mol. The van der Waals surface area contributed by atoms with Gasteiger partial charge in [-0.3, -0.25) is 0 Å². The molecule has 1 aliphatic carbocycles. The van der Waals surface area contributed by atoms with Crippen molar-refractivity contribution in [1.82, 2.24) is 0 Å². The maximum atomic E-state index is 6.43. The standard InChI is InChI=1S/C15H18BrCl2N3/c1-21(2)10-4-3-9(11(16)5-10)6-15(20)7-12(17)14(19)13(18)8-15/h3-5,7H,6,8,19-20H2,1-2H3. The molecule has 1 aromatic carbocycles. The fourth-order valence-electron chi connectivity index (χ4n) is 2.32. The molecule has 114 valence electrons. The van der Waals surface area contributed by atoms with Crippen molar-refractivity contribution in [3.05, 3.63) is 50.1 Å². The number of anilines is 1. The van der Waals surface area contributed by atoms with Gasteiger partial charge >= 0.3 is 0 Å². The van der Waals surface area contributed by atoms with Crippen LogP contribution in [0.15, 0.2) is 44.5 Å². The third-order valence-electron chi connectivity index (χ3n) is 3.52. The fraction of sp³-hybridized carbons (Fsp3) is 0.333. The summed E-state index contributed by atoms with van der Waals surface area (Å²) in [6.45, 7) is 0. The molecule has 1 atom stereocenters.